The van der Waals surface area contributed by atoms with Crippen LogP contribution in [0, 0.1) is 34.6 Å². The molecule has 466 valence electrons. The summed E-state index contributed by atoms with van der Waals surface area (Å²) in [7, 11) is -2.43. The minimum Gasteiger partial charge on any atom is -0.493 e. The number of amidine groups is 2. The van der Waals surface area contributed by atoms with Crippen LogP contribution in [0.3, 0.4) is 0 Å². The number of thioether (sulfide) groups is 2. The van der Waals surface area contributed by atoms with Gasteiger partial charge in [0.1, 0.15) is 39.3 Å². The number of aliphatic imine (C=N–C) groups is 2. The summed E-state index contributed by atoms with van der Waals surface area (Å²) in [6.45, 7) is 10.8. The number of nitrogens with one attached hydrogen (secondary N) is 3. The summed E-state index contributed by atoms with van der Waals surface area (Å²) in [5, 5.41) is 5.76. The first-order valence-electron chi connectivity index (χ1n) is 27.6. The lowest BCUT2D eigenvalue weighted by Crippen LogP contribution is -2.36. The number of rotatable bonds is 18. The average molecular weight is 1430 g/mol. The first kappa shape index (κ1) is 68.1. The number of nitrogens with zero attached hydrogens (tertiary/aromatic N) is 5. The summed E-state index contributed by atoms with van der Waals surface area (Å²) < 4.78 is 34.2. The molecule has 0 aromatic heterocycles. The number of aryl methyl sites for hydroxylation is 5. The Hall–Kier alpha value is -6.32. The van der Waals surface area contributed by atoms with E-state index in [2.05, 4.69) is 29.2 Å². The number of carbonyl (C=O) groups is 3. The van der Waals surface area contributed by atoms with Gasteiger partial charge in [0.25, 0.3) is 27.7 Å². The topological polar surface area (TPSA) is 165 Å². The number of ether oxygens (including phenoxy) is 1. The van der Waals surface area contributed by atoms with Gasteiger partial charge in [-0.3, -0.25) is 29.5 Å². The molecular formula is C65H56Cl8N8O6S3. The second-order valence-electron chi connectivity index (χ2n) is 20.7. The van der Waals surface area contributed by atoms with E-state index in [4.69, 9.17) is 108 Å². The first-order valence-corrected chi connectivity index (χ1v) is 33.9. The van der Waals surface area contributed by atoms with Crippen LogP contribution < -0.4 is 35.2 Å². The quantitative estimate of drug-likeness (QED) is 0.0704. The van der Waals surface area contributed by atoms with E-state index in [0.717, 1.165) is 52.6 Å². The van der Waals surface area contributed by atoms with Crippen molar-refractivity contribution in [2.45, 2.75) is 72.6 Å². The molecule has 0 radical (unpaired) electrons. The van der Waals surface area contributed by atoms with Gasteiger partial charge >= 0.3 is 0 Å². The summed E-state index contributed by atoms with van der Waals surface area (Å²) in [6, 6.07) is 43.5. The molecule has 3 amide bonds. The van der Waals surface area contributed by atoms with Gasteiger partial charge < -0.3 is 10.1 Å². The average Bonchev–Trinajstić information content (AvgIpc) is 1.59. The van der Waals surface area contributed by atoms with Crippen LogP contribution in [-0.2, 0) is 19.6 Å². The van der Waals surface area contributed by atoms with E-state index in [-0.39, 0.29) is 54.0 Å². The lowest BCUT2D eigenvalue weighted by Gasteiger charge is -2.23. The Labute approximate surface area is 571 Å². The van der Waals surface area contributed by atoms with Gasteiger partial charge in [0, 0.05) is 33.4 Å². The van der Waals surface area contributed by atoms with Gasteiger partial charge in [-0.15, -0.1) is 23.5 Å². The molecule has 2 unspecified atom stereocenters. The Morgan fingerprint density at radius 1 is 0.567 bits per heavy atom. The third kappa shape index (κ3) is 16.1. The number of halogens is 8. The van der Waals surface area contributed by atoms with Crippen LogP contribution in [0.2, 0.25) is 40.2 Å². The van der Waals surface area contributed by atoms with Crippen molar-refractivity contribution in [1.82, 2.24) is 16.2 Å². The zero-order valence-electron chi connectivity index (χ0n) is 48.9. The summed E-state index contributed by atoms with van der Waals surface area (Å²) in [5.41, 5.74) is 13.4. The number of anilines is 3. The van der Waals surface area contributed by atoms with Crippen molar-refractivity contribution in [2.24, 2.45) is 9.98 Å². The van der Waals surface area contributed by atoms with E-state index >= 15 is 0 Å². The van der Waals surface area contributed by atoms with Crippen LogP contribution in [0.25, 0.3) is 0 Å². The molecule has 0 bridgehead atoms. The normalized spacial score (nSPS) is 15.6. The van der Waals surface area contributed by atoms with E-state index in [0.29, 0.717) is 71.5 Å². The summed E-state index contributed by atoms with van der Waals surface area (Å²) in [6.07, 6.45) is 1.52. The smallest absolute Gasteiger partial charge is 0.267 e. The highest BCUT2D eigenvalue weighted by Crippen LogP contribution is 2.44. The third-order valence-electron chi connectivity index (χ3n) is 13.9. The largest absolute Gasteiger partial charge is 0.493 e. The van der Waals surface area contributed by atoms with Gasteiger partial charge in [0.2, 0.25) is 0 Å². The third-order valence-corrected chi connectivity index (χ3v) is 20.4. The second-order valence-corrected chi connectivity index (χ2v) is 28.3. The highest BCUT2D eigenvalue weighted by atomic mass is 35.5. The zero-order chi connectivity index (χ0) is 64.7. The number of hydrazine groups is 2. The number of hydrogen-bond acceptors (Lipinski definition) is 10. The van der Waals surface area contributed by atoms with Gasteiger partial charge in [-0.25, -0.2) is 28.4 Å². The molecule has 8 aromatic carbocycles. The highest BCUT2D eigenvalue weighted by molar-refractivity contribution is 8.02. The molecular weight excluding hydrogens is 1370 g/mol. The molecule has 3 N–H and O–H groups in total. The fourth-order valence-electron chi connectivity index (χ4n) is 9.30. The van der Waals surface area contributed by atoms with E-state index in [1.165, 1.54) is 63.0 Å². The minimum atomic E-state index is -3.91. The van der Waals surface area contributed by atoms with Gasteiger partial charge in [-0.1, -0.05) is 165 Å². The predicted molar refractivity (Wildman–Crippen MR) is 373 cm³/mol. The molecule has 14 nitrogen and oxygen atoms in total. The van der Waals surface area contributed by atoms with E-state index in [9.17, 15) is 22.8 Å². The maximum atomic E-state index is 14.0. The van der Waals surface area contributed by atoms with Crippen molar-refractivity contribution >= 4 is 184 Å². The monoisotopic (exact) mass is 1420 g/mol. The maximum absolute atomic E-state index is 14.0. The molecule has 8 aromatic rings. The lowest BCUT2D eigenvalue weighted by atomic mass is 10.1. The van der Waals surface area contributed by atoms with Crippen LogP contribution in [-0.4, -0.2) is 68.5 Å². The number of unbranched alkanes of at least 4 members (excludes halogenated alkanes) is 1. The Kier molecular flexibility index (Phi) is 22.7. The molecule has 25 heteroatoms. The van der Waals surface area contributed by atoms with Crippen LogP contribution in [0.15, 0.2) is 176 Å². The minimum absolute atomic E-state index is 0.147. The van der Waals surface area contributed by atoms with Gasteiger partial charge in [-0.05, 0) is 155 Å². The van der Waals surface area contributed by atoms with Crippen molar-refractivity contribution in [3.05, 3.63) is 225 Å². The maximum Gasteiger partial charge on any atom is 0.267 e. The van der Waals surface area contributed by atoms with Crippen molar-refractivity contribution in [1.29, 1.82) is 0 Å². The van der Waals surface area contributed by atoms with E-state index in [1.807, 2.05) is 64.1 Å². The summed E-state index contributed by atoms with van der Waals surface area (Å²) in [4.78, 5) is 52.1. The number of amides is 3. The number of benzene rings is 8. The Morgan fingerprint density at radius 3 is 1.54 bits per heavy atom. The number of sulfonamides is 1. The molecule has 0 saturated carbocycles. The number of para-hydroxylation sites is 1. The van der Waals surface area contributed by atoms with Crippen LogP contribution in [0.5, 0.6) is 5.75 Å². The van der Waals surface area contributed by atoms with E-state index < -0.39 is 26.4 Å². The fraction of sp³-hybridized carbons (Fsp3) is 0.185. The SMILES string of the molecule is Cc1ccc(OCCCCNC(=O)c2ccccc2SC2C(=O)N(c3c(Cl)cc(Cl)cc3Cl)NC2=Nc2cc(C)ccc2Cl)c(C)c1.Cc1ccc(S(=O)(=O)N(C)c2ccccc2SC2C(=O)N(c3c(Cl)cc(Cl)cc3Cl)NC2=Nc2cc(C)ccc2Cl)cc1. The molecule has 2 fully saturated rings. The lowest BCUT2D eigenvalue weighted by molar-refractivity contribution is -0.117. The van der Waals surface area contributed by atoms with Crippen LogP contribution in [0.4, 0.5) is 28.4 Å². The Morgan fingerprint density at radius 2 is 1.02 bits per heavy atom. The Balaban J connectivity index is 0.000000214. The Bertz CT molecular complexity index is 4210. The van der Waals surface area contributed by atoms with Gasteiger partial charge in [0.05, 0.1) is 64.3 Å². The molecule has 0 aliphatic carbocycles. The molecule has 90 heavy (non-hydrogen) atoms. The molecule has 2 atom stereocenters. The standard InChI is InChI=1S/C35H32Cl4N4O3S.C30H24Cl4N4O3S2/c1-20-11-13-29(22(3)16-20)46-15-7-6-14-40-34(44)24-8-4-5-9-30(24)47-32-33(41-28-17-21(2)10-12-25(28)37)42-43(35(32)45)31-26(38)18-23(36)19-27(31)39;1-17-8-11-20(12-9-17)43(40,41)37(3)25-6-4-5-7-26(25)42-28-29(35-24-14-18(2)10-13-21(24)32)36-38(30(28)39)27-22(33)15-19(31)16-23(27)34/h4-5,8-13,16-19,32H,6-7,14-15H2,1-3H3,(H,40,44)(H,41,42);4-16,28H,1-3H3,(H,35,36). The molecule has 0 spiro atoms. The molecule has 2 aliphatic heterocycles. The van der Waals surface area contributed by atoms with Crippen molar-refractivity contribution in [3.8, 4) is 5.75 Å². The number of hydrogen-bond donors (Lipinski definition) is 3. The van der Waals surface area contributed by atoms with Crippen molar-refractivity contribution in [2.75, 3.05) is 34.5 Å². The predicted octanol–water partition coefficient (Wildman–Crippen LogP) is 18.0. The van der Waals surface area contributed by atoms with Crippen LogP contribution in [0.1, 0.15) is 51.0 Å². The zero-order valence-corrected chi connectivity index (χ0v) is 57.3. The van der Waals surface area contributed by atoms with E-state index in [1.54, 1.807) is 84.9 Å². The highest BCUT2D eigenvalue weighted by Gasteiger charge is 2.43. The van der Waals surface area contributed by atoms with Crippen LogP contribution >= 0.6 is 116 Å². The van der Waals surface area contributed by atoms with Gasteiger partial charge in [0.15, 0.2) is 0 Å². The number of carbonyl (C=O) groups excluding carboxylic acids is 3. The second kappa shape index (κ2) is 30.0. The summed E-state index contributed by atoms with van der Waals surface area (Å²) >= 11 is 53.5. The molecule has 10 rings (SSSR count). The molecule has 2 heterocycles. The molecule has 2 aliphatic rings. The first-order chi connectivity index (χ1) is 42.9. The van der Waals surface area contributed by atoms with Gasteiger partial charge in [-0.2, -0.15) is 0 Å². The summed E-state index contributed by atoms with van der Waals surface area (Å²) in [5.74, 6) is 0.355. The fourth-order valence-corrected chi connectivity index (χ4v) is 15.1. The van der Waals surface area contributed by atoms with Crippen molar-refractivity contribution < 1.29 is 27.5 Å². The van der Waals surface area contributed by atoms with Crippen molar-refractivity contribution in [3.63, 3.8) is 0 Å². The molecule has 2 saturated heterocycles.